The van der Waals surface area contributed by atoms with Gasteiger partial charge in [0.15, 0.2) is 0 Å². The summed E-state index contributed by atoms with van der Waals surface area (Å²) in [4.78, 5) is 41.2. The number of nitrogens with zero attached hydrogens (tertiary/aromatic N) is 2. The lowest BCUT2D eigenvalue weighted by Crippen LogP contribution is -2.33. The van der Waals surface area contributed by atoms with Gasteiger partial charge in [-0.2, -0.15) is 0 Å². The van der Waals surface area contributed by atoms with Crippen molar-refractivity contribution in [1.29, 1.82) is 0 Å². The summed E-state index contributed by atoms with van der Waals surface area (Å²) >= 11 is 5.96. The molecule has 3 amide bonds. The van der Waals surface area contributed by atoms with Gasteiger partial charge in [-0.05, 0) is 24.3 Å². The van der Waals surface area contributed by atoms with Gasteiger partial charge in [-0.1, -0.05) is 23.7 Å². The lowest BCUT2D eigenvalue weighted by molar-refractivity contribution is -0.116. The van der Waals surface area contributed by atoms with Gasteiger partial charge in [0.1, 0.15) is 5.69 Å². The zero-order chi connectivity index (χ0) is 16.4. The summed E-state index contributed by atoms with van der Waals surface area (Å²) in [6, 6.07) is 9.98. The number of fused-ring (bicyclic) bond motifs is 1. The van der Waals surface area contributed by atoms with Crippen LogP contribution in [0.4, 0.5) is 5.69 Å². The van der Waals surface area contributed by atoms with Crippen LogP contribution in [0.1, 0.15) is 27.3 Å². The summed E-state index contributed by atoms with van der Waals surface area (Å²) in [5, 5.41) is 3.07. The highest BCUT2D eigenvalue weighted by Gasteiger charge is 2.36. The van der Waals surface area contributed by atoms with Gasteiger partial charge < -0.3 is 5.32 Å². The van der Waals surface area contributed by atoms with Crippen molar-refractivity contribution >= 4 is 35.0 Å². The van der Waals surface area contributed by atoms with Crippen molar-refractivity contribution in [3.05, 3.63) is 58.9 Å². The first-order chi connectivity index (χ1) is 11.1. The first-order valence-corrected chi connectivity index (χ1v) is 7.31. The van der Waals surface area contributed by atoms with Crippen LogP contribution in [0, 0.1) is 0 Å². The van der Waals surface area contributed by atoms with Crippen molar-refractivity contribution in [3.63, 3.8) is 0 Å². The number of imide groups is 1. The van der Waals surface area contributed by atoms with Gasteiger partial charge in [-0.25, -0.2) is 0 Å². The second-order valence-electron chi connectivity index (χ2n) is 4.94. The van der Waals surface area contributed by atoms with Crippen LogP contribution >= 0.6 is 11.6 Å². The molecule has 1 aromatic carbocycles. The van der Waals surface area contributed by atoms with E-state index in [9.17, 15) is 14.4 Å². The van der Waals surface area contributed by atoms with Gasteiger partial charge in [-0.15, -0.1) is 0 Å². The molecule has 1 aromatic heterocycles. The SMILES string of the molecule is O=C(CCN1C(=O)c2cccnc2C1=O)Nc1ccccc1Cl. The van der Waals surface area contributed by atoms with E-state index in [-0.39, 0.29) is 30.1 Å². The number of hydrogen-bond donors (Lipinski definition) is 1. The maximum Gasteiger partial charge on any atom is 0.280 e. The molecule has 0 aliphatic carbocycles. The molecule has 1 N–H and O–H groups in total. The summed E-state index contributed by atoms with van der Waals surface area (Å²) in [6.45, 7) is -0.00961. The Hall–Kier alpha value is -2.73. The fraction of sp³-hybridized carbons (Fsp3) is 0.125. The van der Waals surface area contributed by atoms with Gasteiger partial charge in [0.2, 0.25) is 5.91 Å². The van der Waals surface area contributed by atoms with Crippen LogP contribution in [0.15, 0.2) is 42.6 Å². The Morgan fingerprint density at radius 1 is 1.13 bits per heavy atom. The second-order valence-corrected chi connectivity index (χ2v) is 5.35. The third kappa shape index (κ3) is 2.93. The van der Waals surface area contributed by atoms with Gasteiger partial charge in [0, 0.05) is 19.2 Å². The van der Waals surface area contributed by atoms with Crippen LogP contribution in [0.5, 0.6) is 0 Å². The molecule has 0 atom stereocenters. The number of hydrogen-bond acceptors (Lipinski definition) is 4. The Morgan fingerprint density at radius 2 is 1.91 bits per heavy atom. The molecule has 0 unspecified atom stereocenters. The predicted octanol–water partition coefficient (Wildman–Crippen LogP) is 2.36. The maximum atomic E-state index is 12.1. The molecule has 0 bridgehead atoms. The smallest absolute Gasteiger partial charge is 0.280 e. The molecule has 7 heteroatoms. The van der Waals surface area contributed by atoms with Crippen LogP contribution in [0.2, 0.25) is 5.02 Å². The molecule has 2 heterocycles. The Bertz CT molecular complexity index is 772. The van der Waals surface area contributed by atoms with Crippen LogP contribution in [0.25, 0.3) is 0 Å². The largest absolute Gasteiger partial charge is 0.325 e. The van der Waals surface area contributed by atoms with Gasteiger partial charge >= 0.3 is 0 Å². The van der Waals surface area contributed by atoms with Crippen molar-refractivity contribution in [2.75, 3.05) is 11.9 Å². The molecule has 0 saturated heterocycles. The van der Waals surface area contributed by atoms with Crippen LogP contribution in [0.3, 0.4) is 0 Å². The molecule has 1 aliphatic heterocycles. The fourth-order valence-electron chi connectivity index (χ4n) is 2.31. The van der Waals surface area contributed by atoms with E-state index in [1.807, 2.05) is 0 Å². The maximum absolute atomic E-state index is 12.1. The normalized spacial score (nSPS) is 13.2. The number of benzene rings is 1. The predicted molar refractivity (Wildman–Crippen MR) is 84.3 cm³/mol. The van der Waals surface area contributed by atoms with Gasteiger partial charge in [0.05, 0.1) is 16.3 Å². The summed E-state index contributed by atoms with van der Waals surface area (Å²) in [7, 11) is 0. The summed E-state index contributed by atoms with van der Waals surface area (Å²) < 4.78 is 0. The Morgan fingerprint density at radius 3 is 2.65 bits per heavy atom. The highest BCUT2D eigenvalue weighted by Crippen LogP contribution is 2.22. The number of aromatic nitrogens is 1. The topological polar surface area (TPSA) is 79.4 Å². The number of rotatable bonds is 4. The first kappa shape index (κ1) is 15.2. The average Bonchev–Trinajstić information content (AvgIpc) is 2.80. The lowest BCUT2D eigenvalue weighted by Gasteiger charge is -2.13. The van der Waals surface area contributed by atoms with Gasteiger partial charge in [0.25, 0.3) is 11.8 Å². The molecule has 3 rings (SSSR count). The zero-order valence-electron chi connectivity index (χ0n) is 12.0. The molecule has 0 radical (unpaired) electrons. The van der Waals surface area contributed by atoms with Crippen LogP contribution in [-0.4, -0.2) is 34.2 Å². The van der Waals surface area contributed by atoms with Crippen LogP contribution in [-0.2, 0) is 4.79 Å². The van der Waals surface area contributed by atoms with Crippen LogP contribution < -0.4 is 5.32 Å². The van der Waals surface area contributed by atoms with E-state index in [0.717, 1.165) is 4.90 Å². The molecule has 0 spiro atoms. The summed E-state index contributed by atoms with van der Waals surface area (Å²) in [6.07, 6.45) is 1.44. The van der Waals surface area contributed by atoms with Crippen molar-refractivity contribution in [2.24, 2.45) is 0 Å². The van der Waals surface area contributed by atoms with Crippen molar-refractivity contribution in [1.82, 2.24) is 9.88 Å². The highest BCUT2D eigenvalue weighted by atomic mass is 35.5. The van der Waals surface area contributed by atoms with E-state index in [4.69, 9.17) is 11.6 Å². The number of para-hydroxylation sites is 1. The third-order valence-electron chi connectivity index (χ3n) is 3.44. The molecule has 1 aliphatic rings. The van der Waals surface area contributed by atoms with Crippen molar-refractivity contribution in [2.45, 2.75) is 6.42 Å². The van der Waals surface area contributed by atoms with E-state index in [0.29, 0.717) is 10.7 Å². The minimum absolute atomic E-state index is 0.00961. The molecular formula is C16H12ClN3O3. The molecule has 116 valence electrons. The molecule has 2 aromatic rings. The minimum Gasteiger partial charge on any atom is -0.325 e. The number of amides is 3. The van der Waals surface area contributed by atoms with E-state index < -0.39 is 11.8 Å². The number of halogens is 1. The number of anilines is 1. The zero-order valence-corrected chi connectivity index (χ0v) is 12.7. The Kier molecular flexibility index (Phi) is 4.08. The molecule has 0 saturated carbocycles. The molecule has 23 heavy (non-hydrogen) atoms. The summed E-state index contributed by atoms with van der Waals surface area (Å²) in [5.74, 6) is -1.23. The Labute approximate surface area is 137 Å². The van der Waals surface area contributed by atoms with Gasteiger partial charge in [-0.3, -0.25) is 24.3 Å². The second kappa shape index (κ2) is 6.18. The van der Waals surface area contributed by atoms with Crippen molar-refractivity contribution < 1.29 is 14.4 Å². The standard InChI is InChI=1S/C16H12ClN3O3/c17-11-5-1-2-6-12(11)19-13(21)7-9-20-15(22)10-4-3-8-18-14(10)16(20)23/h1-6,8H,7,9H2,(H,19,21). The van der Waals surface area contributed by atoms with E-state index in [1.165, 1.54) is 6.20 Å². The first-order valence-electron chi connectivity index (χ1n) is 6.93. The quantitative estimate of drug-likeness (QED) is 0.873. The van der Waals surface area contributed by atoms with E-state index in [1.54, 1.807) is 36.4 Å². The highest BCUT2D eigenvalue weighted by molar-refractivity contribution is 6.33. The molecule has 0 fully saturated rings. The number of nitrogens with one attached hydrogen (secondary N) is 1. The average molecular weight is 330 g/mol. The van der Waals surface area contributed by atoms with Crippen molar-refractivity contribution in [3.8, 4) is 0 Å². The third-order valence-corrected chi connectivity index (χ3v) is 3.77. The molecule has 6 nitrogen and oxygen atoms in total. The number of pyridine rings is 1. The Balaban J connectivity index is 1.63. The monoisotopic (exact) mass is 329 g/mol. The van der Waals surface area contributed by atoms with E-state index in [2.05, 4.69) is 10.3 Å². The lowest BCUT2D eigenvalue weighted by atomic mass is 10.2. The number of carbonyl (C=O) groups is 3. The number of carbonyl (C=O) groups excluding carboxylic acids is 3. The van der Waals surface area contributed by atoms with E-state index >= 15 is 0 Å². The fourth-order valence-corrected chi connectivity index (χ4v) is 2.49. The molecular weight excluding hydrogens is 318 g/mol. The summed E-state index contributed by atoms with van der Waals surface area (Å²) in [5.41, 5.74) is 0.885. The minimum atomic E-state index is -0.476.